The molecule has 1 heterocycles. The number of ether oxygens (including phenoxy) is 1. The van der Waals surface area contributed by atoms with Crippen molar-refractivity contribution in [2.24, 2.45) is 0 Å². The zero-order chi connectivity index (χ0) is 12.5. The maximum Gasteiger partial charge on any atom is 0.397 e. The average Bonchev–Trinajstić information content (AvgIpc) is 2.17. The van der Waals surface area contributed by atoms with Gasteiger partial charge >= 0.3 is 10.4 Å². The summed E-state index contributed by atoms with van der Waals surface area (Å²) in [6.45, 7) is -0.805. The second-order valence-corrected chi connectivity index (χ2v) is 4.34. The summed E-state index contributed by atoms with van der Waals surface area (Å²) >= 11 is 0. The molecule has 9 nitrogen and oxygen atoms in total. The Morgan fingerprint density at radius 1 is 1.06 bits per heavy atom. The van der Waals surface area contributed by atoms with Gasteiger partial charge in [0, 0.05) is 0 Å². The van der Waals surface area contributed by atoms with E-state index >= 15 is 0 Å². The van der Waals surface area contributed by atoms with Gasteiger partial charge in [0.05, 0.1) is 6.61 Å². The standard InChI is InChI=1S/C6H12O9S/c7-3-2(1-14-16(11,12)13)15-6(10)5(9)4(3)8/h2-10H,1H2,(H,11,12,13)/t2-,3-,4-,5-,6?/m1/s1. The van der Waals surface area contributed by atoms with Crippen LogP contribution < -0.4 is 0 Å². The van der Waals surface area contributed by atoms with E-state index in [1.807, 2.05) is 0 Å². The van der Waals surface area contributed by atoms with Crippen LogP contribution in [0.1, 0.15) is 0 Å². The van der Waals surface area contributed by atoms with Crippen LogP contribution in [0.25, 0.3) is 0 Å². The largest absolute Gasteiger partial charge is 0.397 e. The second-order valence-electron chi connectivity index (χ2n) is 3.25. The van der Waals surface area contributed by atoms with Gasteiger partial charge in [0.1, 0.15) is 24.4 Å². The minimum absolute atomic E-state index is 0.805. The van der Waals surface area contributed by atoms with E-state index in [0.29, 0.717) is 0 Å². The predicted molar refractivity (Wildman–Crippen MR) is 46.4 cm³/mol. The van der Waals surface area contributed by atoms with Crippen LogP contribution in [0.4, 0.5) is 0 Å². The molecular weight excluding hydrogens is 248 g/mol. The van der Waals surface area contributed by atoms with Crippen LogP contribution >= 0.6 is 0 Å². The number of hydrogen-bond donors (Lipinski definition) is 5. The molecule has 0 bridgehead atoms. The van der Waals surface area contributed by atoms with Crippen LogP contribution in [-0.4, -0.2) is 70.7 Å². The van der Waals surface area contributed by atoms with Gasteiger partial charge in [0.15, 0.2) is 6.29 Å². The fourth-order valence-corrected chi connectivity index (χ4v) is 1.53. The highest BCUT2D eigenvalue weighted by molar-refractivity contribution is 7.80. The Labute approximate surface area is 90.8 Å². The van der Waals surface area contributed by atoms with E-state index in [0.717, 1.165) is 0 Å². The van der Waals surface area contributed by atoms with E-state index in [-0.39, 0.29) is 0 Å². The Hall–Kier alpha value is -0.330. The van der Waals surface area contributed by atoms with Gasteiger partial charge in [0.2, 0.25) is 0 Å². The maximum absolute atomic E-state index is 10.2. The summed E-state index contributed by atoms with van der Waals surface area (Å²) in [4.78, 5) is 0. The molecule has 0 spiro atoms. The Kier molecular flexibility index (Phi) is 4.20. The van der Waals surface area contributed by atoms with Crippen molar-refractivity contribution in [3.05, 3.63) is 0 Å². The highest BCUT2D eigenvalue weighted by Crippen LogP contribution is 2.20. The second kappa shape index (κ2) is 4.89. The lowest BCUT2D eigenvalue weighted by molar-refractivity contribution is -0.285. The van der Waals surface area contributed by atoms with Gasteiger partial charge in [-0.25, -0.2) is 4.18 Å². The first-order chi connectivity index (χ1) is 7.22. The van der Waals surface area contributed by atoms with E-state index in [9.17, 15) is 18.6 Å². The first kappa shape index (κ1) is 13.7. The van der Waals surface area contributed by atoms with Gasteiger partial charge in [-0.05, 0) is 0 Å². The van der Waals surface area contributed by atoms with Gasteiger partial charge in [0.25, 0.3) is 0 Å². The number of aliphatic hydroxyl groups excluding tert-OH is 4. The summed E-state index contributed by atoms with van der Waals surface area (Å²) in [5.74, 6) is 0. The van der Waals surface area contributed by atoms with Gasteiger partial charge in [-0.15, -0.1) is 0 Å². The van der Waals surface area contributed by atoms with Gasteiger partial charge in [-0.1, -0.05) is 0 Å². The molecule has 16 heavy (non-hydrogen) atoms. The zero-order valence-corrected chi connectivity index (χ0v) is 8.69. The van der Waals surface area contributed by atoms with Crippen LogP contribution in [0.15, 0.2) is 0 Å². The van der Waals surface area contributed by atoms with Crippen LogP contribution in [0.3, 0.4) is 0 Å². The first-order valence-electron chi connectivity index (χ1n) is 4.22. The Morgan fingerprint density at radius 3 is 2.12 bits per heavy atom. The monoisotopic (exact) mass is 260 g/mol. The molecule has 1 rings (SSSR count). The third-order valence-electron chi connectivity index (χ3n) is 2.07. The highest BCUT2D eigenvalue weighted by Gasteiger charge is 2.43. The Balaban J connectivity index is 2.61. The SMILES string of the molecule is O=S(=O)(O)OC[C@H]1OC(O)[C@H](O)[C@H](O)[C@@H]1O. The summed E-state index contributed by atoms with van der Waals surface area (Å²) in [5, 5.41) is 36.7. The third-order valence-corrected chi connectivity index (χ3v) is 2.50. The van der Waals surface area contributed by atoms with Crippen molar-refractivity contribution in [2.75, 3.05) is 6.61 Å². The molecule has 0 aromatic rings. The van der Waals surface area contributed by atoms with Gasteiger partial charge in [-0.3, -0.25) is 4.55 Å². The van der Waals surface area contributed by atoms with E-state index in [4.69, 9.17) is 14.8 Å². The average molecular weight is 260 g/mol. The van der Waals surface area contributed by atoms with Crippen molar-refractivity contribution in [2.45, 2.75) is 30.7 Å². The smallest absolute Gasteiger partial charge is 0.387 e. The molecule has 1 aliphatic rings. The van der Waals surface area contributed by atoms with Gasteiger partial charge < -0.3 is 25.2 Å². The predicted octanol–water partition coefficient (Wildman–Crippen LogP) is -3.39. The Morgan fingerprint density at radius 2 is 1.62 bits per heavy atom. The minimum Gasteiger partial charge on any atom is -0.387 e. The van der Waals surface area contributed by atoms with Crippen molar-refractivity contribution in [3.8, 4) is 0 Å². The number of aliphatic hydroxyl groups is 4. The molecule has 1 unspecified atom stereocenters. The molecule has 10 heteroatoms. The molecule has 1 fully saturated rings. The molecule has 0 amide bonds. The third kappa shape index (κ3) is 3.33. The number of rotatable bonds is 3. The topological polar surface area (TPSA) is 154 Å². The van der Waals surface area contributed by atoms with Crippen molar-refractivity contribution in [1.29, 1.82) is 0 Å². The van der Waals surface area contributed by atoms with Crippen LogP contribution in [0, 0.1) is 0 Å². The van der Waals surface area contributed by atoms with Crippen LogP contribution in [-0.2, 0) is 19.3 Å². The molecule has 0 aromatic heterocycles. The van der Waals surface area contributed by atoms with E-state index in [1.54, 1.807) is 0 Å². The van der Waals surface area contributed by atoms with Gasteiger partial charge in [-0.2, -0.15) is 8.42 Å². The van der Waals surface area contributed by atoms with E-state index in [1.165, 1.54) is 0 Å². The molecule has 5 atom stereocenters. The molecule has 0 aliphatic carbocycles. The molecule has 0 aromatic carbocycles. The lowest BCUT2D eigenvalue weighted by Crippen LogP contribution is -2.58. The summed E-state index contributed by atoms with van der Waals surface area (Å²) in [7, 11) is -4.71. The molecule has 0 saturated carbocycles. The van der Waals surface area contributed by atoms with Crippen LogP contribution in [0.5, 0.6) is 0 Å². The lowest BCUT2D eigenvalue weighted by Gasteiger charge is -2.37. The molecular formula is C6H12O9S. The molecule has 0 radical (unpaired) electrons. The quantitative estimate of drug-likeness (QED) is 0.327. The molecule has 96 valence electrons. The fraction of sp³-hybridized carbons (Fsp3) is 1.00. The van der Waals surface area contributed by atoms with Crippen molar-refractivity contribution in [3.63, 3.8) is 0 Å². The first-order valence-corrected chi connectivity index (χ1v) is 5.58. The lowest BCUT2D eigenvalue weighted by atomic mass is 10.00. The highest BCUT2D eigenvalue weighted by atomic mass is 32.3. The maximum atomic E-state index is 10.2. The summed E-state index contributed by atoms with van der Waals surface area (Å²) in [6, 6.07) is 0. The van der Waals surface area contributed by atoms with Crippen molar-refractivity contribution < 1.29 is 42.3 Å². The van der Waals surface area contributed by atoms with E-state index < -0.39 is 47.7 Å². The normalized spacial score (nSPS) is 40.9. The molecule has 1 saturated heterocycles. The van der Waals surface area contributed by atoms with Crippen molar-refractivity contribution >= 4 is 10.4 Å². The summed E-state index contributed by atoms with van der Waals surface area (Å²) in [6.07, 6.45) is -8.25. The van der Waals surface area contributed by atoms with Crippen LogP contribution in [0.2, 0.25) is 0 Å². The summed E-state index contributed by atoms with van der Waals surface area (Å²) in [5.41, 5.74) is 0. The summed E-state index contributed by atoms with van der Waals surface area (Å²) < 4.78 is 37.2. The van der Waals surface area contributed by atoms with Crippen molar-refractivity contribution in [1.82, 2.24) is 0 Å². The fourth-order valence-electron chi connectivity index (χ4n) is 1.22. The Bertz CT molecular complexity index is 327. The van der Waals surface area contributed by atoms with E-state index in [2.05, 4.69) is 8.92 Å². The number of hydrogen-bond acceptors (Lipinski definition) is 8. The zero-order valence-electron chi connectivity index (χ0n) is 7.87. The molecule has 5 N–H and O–H groups in total. The minimum atomic E-state index is -4.71. The molecule has 1 aliphatic heterocycles.